The summed E-state index contributed by atoms with van der Waals surface area (Å²) < 4.78 is 15.9. The molecule has 1 aliphatic rings. The van der Waals surface area contributed by atoms with E-state index in [1.54, 1.807) is 18.2 Å². The summed E-state index contributed by atoms with van der Waals surface area (Å²) in [6, 6.07) is 7.16. The average molecular weight is 307 g/mol. The zero-order valence-corrected chi connectivity index (χ0v) is 12.8. The number of hydrogen-bond donors (Lipinski definition) is 1. The van der Waals surface area contributed by atoms with Crippen LogP contribution in [0.2, 0.25) is 0 Å². The van der Waals surface area contributed by atoms with Gasteiger partial charge in [-0.3, -0.25) is 4.79 Å². The first-order valence-corrected chi connectivity index (χ1v) is 7.44. The van der Waals surface area contributed by atoms with E-state index in [2.05, 4.69) is 5.32 Å². The largest absolute Gasteiger partial charge is 0.485 e. The van der Waals surface area contributed by atoms with Crippen molar-refractivity contribution in [3.05, 3.63) is 24.3 Å². The van der Waals surface area contributed by atoms with Crippen LogP contribution in [0.1, 0.15) is 26.7 Å². The molecule has 6 nitrogen and oxygen atoms in total. The van der Waals surface area contributed by atoms with E-state index >= 15 is 0 Å². The quantitative estimate of drug-likeness (QED) is 0.809. The second kappa shape index (κ2) is 7.68. The molecule has 1 N–H and O–H groups in total. The molecule has 1 amide bonds. The maximum absolute atomic E-state index is 11.9. The summed E-state index contributed by atoms with van der Waals surface area (Å²) in [5.74, 6) is 0.175. The van der Waals surface area contributed by atoms with Crippen molar-refractivity contribution in [2.45, 2.75) is 38.8 Å². The molecule has 1 heterocycles. The number of benzene rings is 1. The van der Waals surface area contributed by atoms with Crippen LogP contribution in [-0.2, 0) is 14.3 Å². The first kappa shape index (κ1) is 16.1. The van der Waals surface area contributed by atoms with Crippen LogP contribution >= 0.6 is 0 Å². The number of rotatable bonds is 6. The molecule has 2 rings (SSSR count). The fourth-order valence-electron chi connectivity index (χ4n) is 2.19. The van der Waals surface area contributed by atoms with Crippen molar-refractivity contribution < 1.29 is 23.8 Å². The number of carbonyl (C=O) groups is 2. The molecule has 0 unspecified atom stereocenters. The van der Waals surface area contributed by atoms with E-state index in [-0.39, 0.29) is 25.2 Å². The van der Waals surface area contributed by atoms with Gasteiger partial charge in [-0.1, -0.05) is 25.5 Å². The summed E-state index contributed by atoms with van der Waals surface area (Å²) in [7, 11) is 0. The predicted octanol–water partition coefficient (Wildman–Crippen LogP) is 1.67. The zero-order valence-electron chi connectivity index (χ0n) is 12.8. The third kappa shape index (κ3) is 4.38. The van der Waals surface area contributed by atoms with Gasteiger partial charge < -0.3 is 19.5 Å². The molecular weight excluding hydrogens is 286 g/mol. The average Bonchev–Trinajstić information content (AvgIpc) is 2.52. The number of carbonyl (C=O) groups excluding carboxylic acids is 2. The van der Waals surface area contributed by atoms with Crippen LogP contribution in [0.5, 0.6) is 11.5 Å². The number of para-hydroxylation sites is 2. The van der Waals surface area contributed by atoms with Crippen molar-refractivity contribution >= 4 is 11.9 Å². The fourth-order valence-corrected chi connectivity index (χ4v) is 2.19. The maximum Gasteiger partial charge on any atom is 0.351 e. The fraction of sp³-hybridized carbons (Fsp3) is 0.500. The van der Waals surface area contributed by atoms with Crippen molar-refractivity contribution in [3.63, 3.8) is 0 Å². The first-order chi connectivity index (χ1) is 10.6. The van der Waals surface area contributed by atoms with Crippen molar-refractivity contribution in [1.29, 1.82) is 0 Å². The molecule has 6 heteroatoms. The van der Waals surface area contributed by atoms with Gasteiger partial charge in [-0.2, -0.15) is 0 Å². The summed E-state index contributed by atoms with van der Waals surface area (Å²) in [5, 5.41) is 2.77. The molecule has 0 saturated carbocycles. The van der Waals surface area contributed by atoms with Crippen LogP contribution in [0.3, 0.4) is 0 Å². The lowest BCUT2D eigenvalue weighted by molar-refractivity contribution is -0.157. The molecule has 22 heavy (non-hydrogen) atoms. The van der Waals surface area contributed by atoms with Crippen LogP contribution in [0.15, 0.2) is 24.3 Å². The summed E-state index contributed by atoms with van der Waals surface area (Å²) in [4.78, 5) is 23.6. The molecule has 1 aromatic carbocycles. The van der Waals surface area contributed by atoms with Crippen LogP contribution < -0.4 is 14.8 Å². The topological polar surface area (TPSA) is 73.9 Å². The van der Waals surface area contributed by atoms with Crippen LogP contribution in [0.4, 0.5) is 0 Å². The number of hydrogen-bond acceptors (Lipinski definition) is 5. The highest BCUT2D eigenvalue weighted by molar-refractivity contribution is 5.82. The molecule has 1 aromatic rings. The Morgan fingerprint density at radius 1 is 1.36 bits per heavy atom. The SMILES string of the molecule is CCC[C@H](C)NC(=O)COC(=O)[C@@H]1COc2ccccc2O1. The van der Waals surface area contributed by atoms with E-state index < -0.39 is 12.1 Å². The van der Waals surface area contributed by atoms with Crippen molar-refractivity contribution in [3.8, 4) is 11.5 Å². The minimum Gasteiger partial charge on any atom is -0.485 e. The van der Waals surface area contributed by atoms with Gasteiger partial charge in [-0.05, 0) is 25.5 Å². The minimum atomic E-state index is -0.851. The highest BCUT2D eigenvalue weighted by Crippen LogP contribution is 2.31. The Hall–Kier alpha value is -2.24. The van der Waals surface area contributed by atoms with E-state index in [0.29, 0.717) is 11.5 Å². The highest BCUT2D eigenvalue weighted by atomic mass is 16.6. The maximum atomic E-state index is 11.9. The Labute approximate surface area is 129 Å². The number of ether oxygens (including phenoxy) is 3. The van der Waals surface area contributed by atoms with Gasteiger partial charge >= 0.3 is 5.97 Å². The number of esters is 1. The van der Waals surface area contributed by atoms with E-state index in [4.69, 9.17) is 14.2 Å². The summed E-state index contributed by atoms with van der Waals surface area (Å²) in [5.41, 5.74) is 0. The van der Waals surface area contributed by atoms with Crippen LogP contribution in [0, 0.1) is 0 Å². The lowest BCUT2D eigenvalue weighted by Gasteiger charge is -2.24. The number of fused-ring (bicyclic) bond motifs is 1. The molecule has 1 aliphatic heterocycles. The first-order valence-electron chi connectivity index (χ1n) is 7.44. The second-order valence-corrected chi connectivity index (χ2v) is 5.23. The lowest BCUT2D eigenvalue weighted by atomic mass is 10.2. The van der Waals surface area contributed by atoms with Gasteiger partial charge in [0.25, 0.3) is 5.91 Å². The third-order valence-corrected chi connectivity index (χ3v) is 3.25. The van der Waals surface area contributed by atoms with Gasteiger partial charge in [-0.25, -0.2) is 4.79 Å². The highest BCUT2D eigenvalue weighted by Gasteiger charge is 2.29. The van der Waals surface area contributed by atoms with Gasteiger partial charge in [0.1, 0.15) is 6.61 Å². The molecule has 0 aromatic heterocycles. The van der Waals surface area contributed by atoms with Crippen LogP contribution in [0.25, 0.3) is 0 Å². The standard InChI is InChI=1S/C16H21NO5/c1-3-6-11(2)17-15(18)10-21-16(19)14-9-20-12-7-4-5-8-13(12)22-14/h4-5,7-8,11,14H,3,6,9-10H2,1-2H3,(H,17,18)/t11-,14-/m0/s1. The molecule has 2 atom stereocenters. The molecule has 0 radical (unpaired) electrons. The molecule has 0 spiro atoms. The van der Waals surface area contributed by atoms with E-state index in [1.807, 2.05) is 19.9 Å². The predicted molar refractivity (Wildman–Crippen MR) is 79.8 cm³/mol. The summed E-state index contributed by atoms with van der Waals surface area (Å²) in [6.07, 6.45) is 1.01. The van der Waals surface area contributed by atoms with Gasteiger partial charge in [0, 0.05) is 6.04 Å². The molecule has 120 valence electrons. The van der Waals surface area contributed by atoms with Gasteiger partial charge in [0.15, 0.2) is 18.1 Å². The van der Waals surface area contributed by atoms with Gasteiger partial charge in [0.2, 0.25) is 6.10 Å². The van der Waals surface area contributed by atoms with Gasteiger partial charge in [0.05, 0.1) is 0 Å². The smallest absolute Gasteiger partial charge is 0.351 e. The van der Waals surface area contributed by atoms with Crippen LogP contribution in [-0.4, -0.2) is 37.2 Å². The molecule has 0 fully saturated rings. The van der Waals surface area contributed by atoms with Crippen molar-refractivity contribution in [2.24, 2.45) is 0 Å². The van der Waals surface area contributed by atoms with Crippen molar-refractivity contribution in [1.82, 2.24) is 5.32 Å². The van der Waals surface area contributed by atoms with E-state index in [0.717, 1.165) is 12.8 Å². The Bertz CT molecular complexity index is 531. The van der Waals surface area contributed by atoms with Gasteiger partial charge in [-0.15, -0.1) is 0 Å². The summed E-state index contributed by atoms with van der Waals surface area (Å²) >= 11 is 0. The minimum absolute atomic E-state index is 0.0670. The molecule has 0 saturated heterocycles. The number of nitrogens with one attached hydrogen (secondary N) is 1. The van der Waals surface area contributed by atoms with Crippen molar-refractivity contribution in [2.75, 3.05) is 13.2 Å². The molecule has 0 bridgehead atoms. The van der Waals surface area contributed by atoms with E-state index in [9.17, 15) is 9.59 Å². The Morgan fingerprint density at radius 3 is 2.82 bits per heavy atom. The summed E-state index contributed by atoms with van der Waals surface area (Å²) in [6.45, 7) is 3.72. The Morgan fingerprint density at radius 2 is 2.09 bits per heavy atom. The van der Waals surface area contributed by atoms with E-state index in [1.165, 1.54) is 0 Å². The lowest BCUT2D eigenvalue weighted by Crippen LogP contribution is -2.41. The number of amides is 1. The monoisotopic (exact) mass is 307 g/mol. The normalized spacial score (nSPS) is 17.5. The third-order valence-electron chi connectivity index (χ3n) is 3.25. The Kier molecular flexibility index (Phi) is 5.63. The Balaban J connectivity index is 1.78. The zero-order chi connectivity index (χ0) is 15.9. The molecular formula is C16H21NO5. The second-order valence-electron chi connectivity index (χ2n) is 5.23. The molecule has 0 aliphatic carbocycles.